The first-order valence-corrected chi connectivity index (χ1v) is 7.54. The summed E-state index contributed by atoms with van der Waals surface area (Å²) in [6, 6.07) is 4.95. The number of amides is 2. The first kappa shape index (κ1) is 14.6. The molecule has 0 saturated carbocycles. The van der Waals surface area contributed by atoms with Crippen molar-refractivity contribution >= 4 is 51.7 Å². The third kappa shape index (κ3) is 3.20. The van der Waals surface area contributed by atoms with E-state index in [1.165, 1.54) is 0 Å². The van der Waals surface area contributed by atoms with Crippen molar-refractivity contribution in [2.45, 2.75) is 25.8 Å². The van der Waals surface area contributed by atoms with E-state index in [1.807, 2.05) is 19.1 Å². The summed E-state index contributed by atoms with van der Waals surface area (Å²) in [7, 11) is 0. The molecule has 2 amide bonds. The van der Waals surface area contributed by atoms with Gasteiger partial charge in [0.05, 0.1) is 5.69 Å². The van der Waals surface area contributed by atoms with Crippen molar-refractivity contribution in [3.05, 3.63) is 26.8 Å². The highest BCUT2D eigenvalue weighted by atomic mass is 127. The Morgan fingerprint density at radius 2 is 2.21 bits per heavy atom. The van der Waals surface area contributed by atoms with Gasteiger partial charge in [0, 0.05) is 21.6 Å². The fourth-order valence-electron chi connectivity index (χ4n) is 2.06. The molecule has 6 heteroatoms. The molecule has 0 radical (unpaired) electrons. The molecule has 1 fully saturated rings. The second-order valence-electron chi connectivity index (χ2n) is 4.36. The van der Waals surface area contributed by atoms with E-state index in [-0.39, 0.29) is 11.8 Å². The molecule has 19 heavy (non-hydrogen) atoms. The summed E-state index contributed by atoms with van der Waals surface area (Å²) in [4.78, 5) is 25.7. The number of hydrogen-bond acceptors (Lipinski definition) is 2. The van der Waals surface area contributed by atoms with Crippen molar-refractivity contribution in [1.82, 2.24) is 5.32 Å². The van der Waals surface area contributed by atoms with Crippen LogP contribution in [-0.2, 0) is 9.59 Å². The molecule has 1 N–H and O–H groups in total. The summed E-state index contributed by atoms with van der Waals surface area (Å²) in [6.07, 6.45) is 0.909. The van der Waals surface area contributed by atoms with Crippen LogP contribution in [0, 0.1) is 3.57 Å². The molecular weight excluding hydrogens is 379 g/mol. The van der Waals surface area contributed by atoms with Gasteiger partial charge in [-0.2, -0.15) is 0 Å². The largest absolute Gasteiger partial charge is 0.344 e. The smallest absolute Gasteiger partial charge is 0.249 e. The summed E-state index contributed by atoms with van der Waals surface area (Å²) >= 11 is 8.08. The molecule has 0 bridgehead atoms. The van der Waals surface area contributed by atoms with Crippen LogP contribution in [0.2, 0.25) is 5.02 Å². The standard InChI is InChI=1S/C13H14ClIN2O2/c1-2-10-13(19)17(6-5-12(18)16-10)11-4-3-8(14)7-9(11)15/h3-4,7,10H,2,5-6H2,1H3,(H,16,18). The van der Waals surface area contributed by atoms with Crippen LogP contribution < -0.4 is 10.2 Å². The Morgan fingerprint density at radius 3 is 2.84 bits per heavy atom. The van der Waals surface area contributed by atoms with Gasteiger partial charge >= 0.3 is 0 Å². The molecule has 1 aliphatic rings. The van der Waals surface area contributed by atoms with Gasteiger partial charge < -0.3 is 10.2 Å². The van der Waals surface area contributed by atoms with Crippen LogP contribution >= 0.6 is 34.2 Å². The minimum absolute atomic E-state index is 0.0615. The first-order valence-electron chi connectivity index (χ1n) is 6.08. The van der Waals surface area contributed by atoms with Crippen LogP contribution in [0.1, 0.15) is 19.8 Å². The van der Waals surface area contributed by atoms with Gasteiger partial charge in [-0.05, 0) is 47.2 Å². The molecule has 1 unspecified atom stereocenters. The van der Waals surface area contributed by atoms with Crippen molar-refractivity contribution in [3.8, 4) is 0 Å². The lowest BCUT2D eigenvalue weighted by Gasteiger charge is -2.24. The minimum atomic E-state index is -0.443. The topological polar surface area (TPSA) is 49.4 Å². The molecule has 2 rings (SSSR count). The van der Waals surface area contributed by atoms with Crippen molar-refractivity contribution in [2.24, 2.45) is 0 Å². The number of anilines is 1. The predicted octanol–water partition coefficient (Wildman–Crippen LogP) is 2.58. The monoisotopic (exact) mass is 392 g/mol. The summed E-state index contributed by atoms with van der Waals surface area (Å²) in [5, 5.41) is 3.39. The van der Waals surface area contributed by atoms with Crippen molar-refractivity contribution in [3.63, 3.8) is 0 Å². The maximum atomic E-state index is 12.4. The molecule has 1 aliphatic heterocycles. The Hall–Kier alpha value is -0.820. The molecule has 0 aliphatic carbocycles. The Labute approximate surface area is 130 Å². The zero-order valence-corrected chi connectivity index (χ0v) is 13.4. The SMILES string of the molecule is CCC1NC(=O)CCN(c2ccc(Cl)cc2I)C1=O. The fourth-order valence-corrected chi connectivity index (χ4v) is 3.22. The quantitative estimate of drug-likeness (QED) is 0.787. The number of halogens is 2. The van der Waals surface area contributed by atoms with Crippen LogP contribution in [0.25, 0.3) is 0 Å². The normalized spacial score (nSPS) is 20.2. The zero-order valence-electron chi connectivity index (χ0n) is 10.5. The molecule has 0 aromatic heterocycles. The molecule has 1 aromatic carbocycles. The van der Waals surface area contributed by atoms with Crippen molar-refractivity contribution in [2.75, 3.05) is 11.4 Å². The van der Waals surface area contributed by atoms with E-state index in [2.05, 4.69) is 27.9 Å². The van der Waals surface area contributed by atoms with E-state index in [9.17, 15) is 9.59 Å². The lowest BCUT2D eigenvalue weighted by Crippen LogP contribution is -2.44. The highest BCUT2D eigenvalue weighted by Crippen LogP contribution is 2.27. The molecular formula is C13H14ClIN2O2. The van der Waals surface area contributed by atoms with Crippen molar-refractivity contribution in [1.29, 1.82) is 0 Å². The molecule has 1 heterocycles. The Balaban J connectivity index is 2.36. The van der Waals surface area contributed by atoms with Gasteiger partial charge in [-0.25, -0.2) is 0 Å². The van der Waals surface area contributed by atoms with Crippen LogP contribution in [0.4, 0.5) is 5.69 Å². The van der Waals surface area contributed by atoms with Gasteiger partial charge in [0.15, 0.2) is 0 Å². The number of carbonyl (C=O) groups is 2. The van der Waals surface area contributed by atoms with Gasteiger partial charge in [-0.1, -0.05) is 18.5 Å². The number of carbonyl (C=O) groups excluding carboxylic acids is 2. The number of nitrogens with zero attached hydrogens (tertiary/aromatic N) is 1. The molecule has 1 aromatic rings. The van der Waals surface area contributed by atoms with Crippen LogP contribution in [0.3, 0.4) is 0 Å². The average molecular weight is 393 g/mol. The Morgan fingerprint density at radius 1 is 1.47 bits per heavy atom. The second kappa shape index (κ2) is 6.09. The number of benzene rings is 1. The van der Waals surface area contributed by atoms with Gasteiger partial charge in [-0.15, -0.1) is 0 Å². The predicted molar refractivity (Wildman–Crippen MR) is 83.4 cm³/mol. The van der Waals surface area contributed by atoms with Crippen LogP contribution in [0.15, 0.2) is 18.2 Å². The third-order valence-corrected chi connectivity index (χ3v) is 4.17. The van der Waals surface area contributed by atoms with E-state index in [1.54, 1.807) is 11.0 Å². The molecule has 4 nitrogen and oxygen atoms in total. The Bertz CT molecular complexity index is 521. The summed E-state index contributed by atoms with van der Waals surface area (Å²) in [5.41, 5.74) is 0.810. The first-order chi connectivity index (χ1) is 9.02. The third-order valence-electron chi connectivity index (χ3n) is 3.07. The number of rotatable bonds is 2. The lowest BCUT2D eigenvalue weighted by molar-refractivity contribution is -0.125. The van der Waals surface area contributed by atoms with Crippen LogP contribution in [0.5, 0.6) is 0 Å². The molecule has 0 spiro atoms. The van der Waals surface area contributed by atoms with Gasteiger partial charge in [-0.3, -0.25) is 9.59 Å². The lowest BCUT2D eigenvalue weighted by atomic mass is 10.2. The Kier molecular flexibility index (Phi) is 4.67. The fraction of sp³-hybridized carbons (Fsp3) is 0.385. The summed E-state index contributed by atoms with van der Waals surface area (Å²) < 4.78 is 0.905. The zero-order chi connectivity index (χ0) is 14.0. The molecule has 102 valence electrons. The number of nitrogens with one attached hydrogen (secondary N) is 1. The van der Waals surface area contributed by atoms with E-state index < -0.39 is 6.04 Å². The summed E-state index contributed by atoms with van der Waals surface area (Å²) in [5.74, 6) is -0.139. The van der Waals surface area contributed by atoms with Crippen LogP contribution in [-0.4, -0.2) is 24.4 Å². The second-order valence-corrected chi connectivity index (χ2v) is 5.96. The van der Waals surface area contributed by atoms with Gasteiger partial charge in [0.2, 0.25) is 11.8 Å². The van der Waals surface area contributed by atoms with Gasteiger partial charge in [0.1, 0.15) is 6.04 Å². The minimum Gasteiger partial charge on any atom is -0.344 e. The average Bonchev–Trinajstić information content (AvgIpc) is 2.50. The van der Waals surface area contributed by atoms with Gasteiger partial charge in [0.25, 0.3) is 0 Å². The van der Waals surface area contributed by atoms with Crippen molar-refractivity contribution < 1.29 is 9.59 Å². The molecule has 1 atom stereocenters. The maximum absolute atomic E-state index is 12.4. The maximum Gasteiger partial charge on any atom is 0.249 e. The van der Waals surface area contributed by atoms with E-state index in [0.29, 0.717) is 24.4 Å². The summed E-state index contributed by atoms with van der Waals surface area (Å²) in [6.45, 7) is 2.29. The van der Waals surface area contributed by atoms with E-state index in [4.69, 9.17) is 11.6 Å². The highest BCUT2D eigenvalue weighted by molar-refractivity contribution is 14.1. The highest BCUT2D eigenvalue weighted by Gasteiger charge is 2.30. The number of hydrogen-bond donors (Lipinski definition) is 1. The van der Waals surface area contributed by atoms with E-state index in [0.717, 1.165) is 9.26 Å². The van der Waals surface area contributed by atoms with E-state index >= 15 is 0 Å². The molecule has 1 saturated heterocycles.